The van der Waals surface area contributed by atoms with Crippen LogP contribution in [0.2, 0.25) is 0 Å². The van der Waals surface area contributed by atoms with E-state index in [0.717, 1.165) is 0 Å². The number of esters is 2. The molecule has 4 rings (SSSR count). The Bertz CT molecular complexity index is 1130. The smallest absolute Gasteiger partial charge is 0.338 e. The number of ether oxygens (including phenoxy) is 2. The summed E-state index contributed by atoms with van der Waals surface area (Å²) in [6.07, 6.45) is 0.181. The summed E-state index contributed by atoms with van der Waals surface area (Å²) in [5.74, 6) is -1.90. The van der Waals surface area contributed by atoms with Gasteiger partial charge in [-0.3, -0.25) is 9.59 Å². The number of benzene rings is 2. The van der Waals surface area contributed by atoms with Gasteiger partial charge in [0, 0.05) is 49.9 Å². The third-order valence-electron chi connectivity index (χ3n) is 7.84. The molecule has 0 radical (unpaired) electrons. The first-order valence-electron chi connectivity index (χ1n) is 14.6. The van der Waals surface area contributed by atoms with E-state index in [2.05, 4.69) is 0 Å². The molecule has 2 aromatic carbocycles. The average molecular weight is 581 g/mol. The molecule has 6 unspecified atom stereocenters. The van der Waals surface area contributed by atoms with Crippen molar-refractivity contribution < 1.29 is 38.3 Å². The third-order valence-corrected chi connectivity index (χ3v) is 7.84. The van der Waals surface area contributed by atoms with Crippen molar-refractivity contribution >= 4 is 23.9 Å². The molecule has 10 heteroatoms. The van der Waals surface area contributed by atoms with Crippen molar-refractivity contribution in [3.05, 3.63) is 71.8 Å². The van der Waals surface area contributed by atoms with Gasteiger partial charge >= 0.3 is 23.9 Å². The zero-order valence-corrected chi connectivity index (χ0v) is 24.6. The van der Waals surface area contributed by atoms with Gasteiger partial charge in [-0.2, -0.15) is 0 Å². The molecule has 226 valence electrons. The summed E-state index contributed by atoms with van der Waals surface area (Å²) in [5.41, 5.74) is 0.996. The van der Waals surface area contributed by atoms with Gasteiger partial charge in [-0.15, -0.1) is 10.1 Å². The van der Waals surface area contributed by atoms with Gasteiger partial charge in [-0.1, -0.05) is 50.2 Å². The molecule has 2 heterocycles. The Hall–Kier alpha value is -3.76. The number of hydrogen-bond acceptors (Lipinski definition) is 10. The Labute approximate surface area is 246 Å². The number of hydroxylamine groups is 4. The number of carbonyl (C=O) groups excluding carboxylic acids is 4. The predicted molar refractivity (Wildman–Crippen MR) is 153 cm³/mol. The lowest BCUT2D eigenvalue weighted by molar-refractivity contribution is -0.224. The molecule has 2 fully saturated rings. The number of piperidine rings is 2. The van der Waals surface area contributed by atoms with Crippen LogP contribution in [0, 0.1) is 11.8 Å². The fourth-order valence-electron chi connectivity index (χ4n) is 5.23. The van der Waals surface area contributed by atoms with Crippen LogP contribution >= 0.6 is 0 Å². The molecule has 0 aliphatic carbocycles. The lowest BCUT2D eigenvalue weighted by Crippen LogP contribution is -2.49. The summed E-state index contributed by atoms with van der Waals surface area (Å²) in [5, 5.41) is 3.19. The van der Waals surface area contributed by atoms with E-state index >= 15 is 0 Å². The summed E-state index contributed by atoms with van der Waals surface area (Å²) >= 11 is 0. The summed E-state index contributed by atoms with van der Waals surface area (Å²) in [6, 6.07) is 17.4. The Morgan fingerprint density at radius 1 is 0.619 bits per heavy atom. The highest BCUT2D eigenvalue weighted by Crippen LogP contribution is 2.28. The molecule has 0 N–H and O–H groups in total. The quantitative estimate of drug-likeness (QED) is 0.390. The van der Waals surface area contributed by atoms with Gasteiger partial charge in [0.1, 0.15) is 12.2 Å². The largest absolute Gasteiger partial charge is 0.458 e. The highest BCUT2D eigenvalue weighted by atomic mass is 16.7. The maximum atomic E-state index is 12.6. The fraction of sp³-hybridized carbons (Fsp3) is 0.500. The van der Waals surface area contributed by atoms with E-state index in [4.69, 9.17) is 19.1 Å². The normalized spacial score (nSPS) is 26.6. The van der Waals surface area contributed by atoms with Gasteiger partial charge < -0.3 is 19.1 Å². The van der Waals surface area contributed by atoms with E-state index in [-0.39, 0.29) is 60.9 Å². The van der Waals surface area contributed by atoms with Gasteiger partial charge in [0.05, 0.1) is 24.0 Å². The van der Waals surface area contributed by atoms with Crippen LogP contribution in [-0.2, 0) is 28.7 Å². The van der Waals surface area contributed by atoms with Crippen LogP contribution in [0.4, 0.5) is 0 Å². The van der Waals surface area contributed by atoms with E-state index in [1.54, 1.807) is 58.7 Å². The zero-order valence-electron chi connectivity index (χ0n) is 24.6. The first-order valence-corrected chi connectivity index (χ1v) is 14.6. The van der Waals surface area contributed by atoms with Gasteiger partial charge in [-0.05, 0) is 38.1 Å². The minimum absolute atomic E-state index is 0.0509. The van der Waals surface area contributed by atoms with Crippen molar-refractivity contribution in [3.8, 4) is 0 Å². The molecule has 0 aromatic heterocycles. The average Bonchev–Trinajstić information content (AvgIpc) is 2.98. The minimum atomic E-state index is -0.529. The second-order valence-electron chi connectivity index (χ2n) is 11.4. The van der Waals surface area contributed by atoms with Crippen molar-refractivity contribution in [3.63, 3.8) is 0 Å². The van der Waals surface area contributed by atoms with Crippen LogP contribution in [0.25, 0.3) is 0 Å². The molecular formula is C32H40N2O8. The molecule has 0 bridgehead atoms. The zero-order chi connectivity index (χ0) is 30.2. The van der Waals surface area contributed by atoms with Crippen LogP contribution in [-0.4, -0.2) is 71.4 Å². The van der Waals surface area contributed by atoms with Crippen LogP contribution in [0.1, 0.15) is 74.1 Å². The molecule has 2 aromatic rings. The Kier molecular flexibility index (Phi) is 10.7. The second-order valence-corrected chi connectivity index (χ2v) is 11.4. The van der Waals surface area contributed by atoms with E-state index in [0.29, 0.717) is 37.1 Å². The van der Waals surface area contributed by atoms with Crippen LogP contribution in [0.5, 0.6) is 0 Å². The molecule has 2 saturated heterocycles. The van der Waals surface area contributed by atoms with Crippen molar-refractivity contribution in [2.75, 3.05) is 13.1 Å². The summed E-state index contributed by atoms with van der Waals surface area (Å²) in [7, 11) is 0. The van der Waals surface area contributed by atoms with E-state index < -0.39 is 11.9 Å². The highest BCUT2D eigenvalue weighted by molar-refractivity contribution is 5.90. The first-order chi connectivity index (χ1) is 20.1. The van der Waals surface area contributed by atoms with Gasteiger partial charge in [-0.25, -0.2) is 9.59 Å². The Morgan fingerprint density at radius 3 is 1.33 bits per heavy atom. The Morgan fingerprint density at radius 2 is 0.976 bits per heavy atom. The van der Waals surface area contributed by atoms with Crippen LogP contribution in [0.3, 0.4) is 0 Å². The van der Waals surface area contributed by atoms with E-state index in [9.17, 15) is 19.2 Å². The SMILES string of the molecule is CC1CN(OC(=O)CCC(=O)ON2CC(C)C(OC(=O)c3ccccc3)CC2C)C(C)CC1OC(=O)c1ccccc1. The molecular weight excluding hydrogens is 540 g/mol. The molecule has 0 saturated carbocycles. The molecule has 0 spiro atoms. The predicted octanol–water partition coefficient (Wildman–Crippen LogP) is 4.59. The maximum absolute atomic E-state index is 12.6. The lowest BCUT2D eigenvalue weighted by atomic mass is 9.93. The lowest BCUT2D eigenvalue weighted by Gasteiger charge is -2.39. The van der Waals surface area contributed by atoms with E-state index in [1.807, 2.05) is 39.8 Å². The molecule has 2 aliphatic heterocycles. The van der Waals surface area contributed by atoms with Gasteiger partial charge in [0.15, 0.2) is 0 Å². The van der Waals surface area contributed by atoms with Crippen molar-refractivity contribution in [1.29, 1.82) is 0 Å². The van der Waals surface area contributed by atoms with E-state index in [1.165, 1.54) is 0 Å². The van der Waals surface area contributed by atoms with Crippen LogP contribution in [0.15, 0.2) is 60.7 Å². The molecule has 42 heavy (non-hydrogen) atoms. The molecule has 10 nitrogen and oxygen atoms in total. The number of nitrogens with zero attached hydrogens (tertiary/aromatic N) is 2. The fourth-order valence-corrected chi connectivity index (χ4v) is 5.23. The summed E-state index contributed by atoms with van der Waals surface area (Å²) in [6.45, 7) is 8.51. The standard InChI is InChI=1S/C32H40N2O8/c1-21-19-33(23(3)17-27(21)39-31(37)25-11-7-5-8-12-25)41-29(35)15-16-30(36)42-34-20-22(2)28(18-24(34)4)40-32(38)26-13-9-6-10-14-26/h5-14,21-24,27-28H,15-20H2,1-4H3. The maximum Gasteiger partial charge on any atom is 0.338 e. The minimum Gasteiger partial charge on any atom is -0.458 e. The highest BCUT2D eigenvalue weighted by Gasteiger charge is 2.37. The molecule has 6 atom stereocenters. The topological polar surface area (TPSA) is 112 Å². The summed E-state index contributed by atoms with van der Waals surface area (Å²) in [4.78, 5) is 61.2. The van der Waals surface area contributed by atoms with Gasteiger partial charge in [0.2, 0.25) is 0 Å². The number of rotatable bonds is 9. The monoisotopic (exact) mass is 580 g/mol. The Balaban J connectivity index is 1.17. The number of carbonyl (C=O) groups is 4. The van der Waals surface area contributed by atoms with Gasteiger partial charge in [0.25, 0.3) is 0 Å². The molecule has 0 amide bonds. The van der Waals surface area contributed by atoms with Crippen LogP contribution < -0.4 is 0 Å². The van der Waals surface area contributed by atoms with Crippen molar-refractivity contribution in [2.45, 2.75) is 77.7 Å². The third kappa shape index (κ3) is 8.39. The van der Waals surface area contributed by atoms with Crippen molar-refractivity contribution in [1.82, 2.24) is 10.1 Å². The first kappa shape index (κ1) is 31.2. The number of hydrogen-bond donors (Lipinski definition) is 0. The summed E-state index contributed by atoms with van der Waals surface area (Å²) < 4.78 is 11.5. The second kappa shape index (κ2) is 14.4. The van der Waals surface area contributed by atoms with Crippen molar-refractivity contribution in [2.24, 2.45) is 11.8 Å². The molecule has 2 aliphatic rings.